The highest BCUT2D eigenvalue weighted by molar-refractivity contribution is 6.02. The van der Waals surface area contributed by atoms with Gasteiger partial charge in [-0.25, -0.2) is 0 Å². The van der Waals surface area contributed by atoms with Crippen molar-refractivity contribution in [2.45, 2.75) is 19.3 Å². The zero-order chi connectivity index (χ0) is 16.4. The zero-order valence-corrected chi connectivity index (χ0v) is 13.0. The molecule has 1 aliphatic heterocycles. The Balaban J connectivity index is 1.57. The minimum Gasteiger partial charge on any atom is -0.354 e. The lowest BCUT2D eigenvalue weighted by Crippen LogP contribution is -2.38. The van der Waals surface area contributed by atoms with Crippen LogP contribution >= 0.6 is 0 Å². The molecule has 0 spiro atoms. The van der Waals surface area contributed by atoms with E-state index in [0.29, 0.717) is 6.54 Å². The van der Waals surface area contributed by atoms with Gasteiger partial charge in [0, 0.05) is 50.1 Å². The number of carbonyl (C=O) groups excluding carboxylic acids is 3. The molecule has 6 nitrogen and oxygen atoms in total. The summed E-state index contributed by atoms with van der Waals surface area (Å²) >= 11 is 0. The third-order valence-corrected chi connectivity index (χ3v) is 4.14. The molecule has 1 saturated heterocycles. The van der Waals surface area contributed by atoms with Crippen LogP contribution in [0.25, 0.3) is 10.9 Å². The van der Waals surface area contributed by atoms with Gasteiger partial charge in [0.15, 0.2) is 0 Å². The van der Waals surface area contributed by atoms with Crippen LogP contribution in [0.15, 0.2) is 30.5 Å². The van der Waals surface area contributed by atoms with Crippen LogP contribution in [0.4, 0.5) is 0 Å². The number of nitrogens with zero attached hydrogens (tertiary/aromatic N) is 2. The van der Waals surface area contributed by atoms with Gasteiger partial charge in [0.1, 0.15) is 0 Å². The molecule has 0 unspecified atom stereocenters. The Bertz CT molecular complexity index is 762. The monoisotopic (exact) mass is 313 g/mol. The molecule has 1 N–H and O–H groups in total. The summed E-state index contributed by atoms with van der Waals surface area (Å²) in [5.41, 5.74) is 2.05. The molecule has 3 rings (SSSR count). The number of hydrogen-bond acceptors (Lipinski definition) is 3. The summed E-state index contributed by atoms with van der Waals surface area (Å²) in [7, 11) is 1.95. The first-order valence-corrected chi connectivity index (χ1v) is 7.69. The lowest BCUT2D eigenvalue weighted by molar-refractivity contribution is -0.138. The van der Waals surface area contributed by atoms with Crippen LogP contribution in [0.5, 0.6) is 0 Å². The molecule has 0 radical (unpaired) electrons. The van der Waals surface area contributed by atoms with Gasteiger partial charge in [0.05, 0.1) is 6.42 Å². The lowest BCUT2D eigenvalue weighted by Gasteiger charge is -2.13. The van der Waals surface area contributed by atoms with Crippen molar-refractivity contribution in [2.75, 3.05) is 13.1 Å². The third kappa shape index (κ3) is 3.11. The van der Waals surface area contributed by atoms with Crippen molar-refractivity contribution in [1.29, 1.82) is 0 Å². The smallest absolute Gasteiger partial charge is 0.229 e. The van der Waals surface area contributed by atoms with E-state index in [1.807, 2.05) is 42.1 Å². The Morgan fingerprint density at radius 3 is 2.61 bits per heavy atom. The average molecular weight is 313 g/mol. The van der Waals surface area contributed by atoms with Crippen molar-refractivity contribution in [3.05, 3.63) is 36.0 Å². The number of fused-ring (bicyclic) bond motifs is 1. The molecule has 3 amide bonds. The summed E-state index contributed by atoms with van der Waals surface area (Å²) in [6.45, 7) is 0.542. The van der Waals surface area contributed by atoms with Crippen LogP contribution in [0.2, 0.25) is 0 Å². The Morgan fingerprint density at radius 1 is 1.17 bits per heavy atom. The zero-order valence-electron chi connectivity index (χ0n) is 13.0. The van der Waals surface area contributed by atoms with Crippen molar-refractivity contribution >= 4 is 28.6 Å². The number of nitrogens with one attached hydrogen (secondary N) is 1. The van der Waals surface area contributed by atoms with E-state index < -0.39 is 0 Å². The first kappa shape index (κ1) is 15.3. The molecule has 1 aromatic carbocycles. The van der Waals surface area contributed by atoms with E-state index in [2.05, 4.69) is 5.32 Å². The van der Waals surface area contributed by atoms with Gasteiger partial charge in [-0.15, -0.1) is 0 Å². The molecule has 23 heavy (non-hydrogen) atoms. The predicted octanol–water partition coefficient (Wildman–Crippen LogP) is 0.986. The molecule has 0 saturated carbocycles. The molecular formula is C17H19N3O3. The summed E-state index contributed by atoms with van der Waals surface area (Å²) < 4.78 is 2.00. The number of aromatic nitrogens is 1. The number of hydrogen-bond donors (Lipinski definition) is 1. The number of carbonyl (C=O) groups is 3. The number of imide groups is 1. The Kier molecular flexibility index (Phi) is 4.14. The fourth-order valence-electron chi connectivity index (χ4n) is 2.98. The molecule has 1 fully saturated rings. The summed E-state index contributed by atoms with van der Waals surface area (Å²) in [5.74, 6) is -0.419. The highest BCUT2D eigenvalue weighted by Gasteiger charge is 2.28. The lowest BCUT2D eigenvalue weighted by atomic mass is 10.1. The summed E-state index contributed by atoms with van der Waals surface area (Å²) in [5, 5.41) is 3.84. The maximum atomic E-state index is 12.1. The standard InChI is InChI=1S/C17H19N3O3/c1-19-11-12(13-4-2-3-5-14(13)19)10-15(21)18-8-9-20-16(22)6-7-17(20)23/h2-5,11H,6-10H2,1H3,(H,18,21). The normalized spacial score (nSPS) is 14.7. The molecule has 0 aliphatic carbocycles. The Morgan fingerprint density at radius 2 is 1.87 bits per heavy atom. The average Bonchev–Trinajstić information content (AvgIpc) is 3.02. The van der Waals surface area contributed by atoms with E-state index in [4.69, 9.17) is 0 Å². The first-order chi connectivity index (χ1) is 11.1. The van der Waals surface area contributed by atoms with Crippen molar-refractivity contribution in [3.8, 4) is 0 Å². The Labute approximate surface area is 134 Å². The fraction of sp³-hybridized carbons (Fsp3) is 0.353. The van der Waals surface area contributed by atoms with Gasteiger partial charge in [0.25, 0.3) is 0 Å². The van der Waals surface area contributed by atoms with E-state index in [9.17, 15) is 14.4 Å². The number of likely N-dealkylation sites (tertiary alicyclic amines) is 1. The van der Waals surface area contributed by atoms with Gasteiger partial charge in [-0.1, -0.05) is 18.2 Å². The van der Waals surface area contributed by atoms with E-state index in [1.165, 1.54) is 4.90 Å². The molecule has 120 valence electrons. The fourth-order valence-corrected chi connectivity index (χ4v) is 2.98. The van der Waals surface area contributed by atoms with E-state index >= 15 is 0 Å². The maximum Gasteiger partial charge on any atom is 0.229 e. The van der Waals surface area contributed by atoms with Crippen LogP contribution in [0, 0.1) is 0 Å². The first-order valence-electron chi connectivity index (χ1n) is 7.69. The summed E-state index contributed by atoms with van der Waals surface area (Å²) in [4.78, 5) is 36.3. The minimum absolute atomic E-state index is 0.111. The molecule has 0 bridgehead atoms. The number of para-hydroxylation sites is 1. The van der Waals surface area contributed by atoms with E-state index in [-0.39, 0.29) is 43.5 Å². The van der Waals surface area contributed by atoms with Crippen LogP contribution in [0.1, 0.15) is 18.4 Å². The van der Waals surface area contributed by atoms with Crippen molar-refractivity contribution in [1.82, 2.24) is 14.8 Å². The van der Waals surface area contributed by atoms with Crippen LogP contribution in [0.3, 0.4) is 0 Å². The second-order valence-corrected chi connectivity index (χ2v) is 5.75. The molecule has 2 aromatic rings. The minimum atomic E-state index is -0.154. The number of benzene rings is 1. The highest BCUT2D eigenvalue weighted by atomic mass is 16.2. The topological polar surface area (TPSA) is 71.4 Å². The molecule has 1 aliphatic rings. The quantitative estimate of drug-likeness (QED) is 0.837. The molecule has 1 aromatic heterocycles. The van der Waals surface area contributed by atoms with Gasteiger partial charge in [-0.3, -0.25) is 19.3 Å². The Hall–Kier alpha value is -2.63. The number of rotatable bonds is 5. The molecular weight excluding hydrogens is 294 g/mol. The van der Waals surface area contributed by atoms with Gasteiger partial charge in [-0.2, -0.15) is 0 Å². The molecule has 0 atom stereocenters. The van der Waals surface area contributed by atoms with Crippen LogP contribution in [-0.4, -0.2) is 40.3 Å². The predicted molar refractivity (Wildman–Crippen MR) is 85.6 cm³/mol. The van der Waals surface area contributed by atoms with Crippen molar-refractivity contribution < 1.29 is 14.4 Å². The third-order valence-electron chi connectivity index (χ3n) is 4.14. The van der Waals surface area contributed by atoms with Gasteiger partial charge in [-0.05, 0) is 11.6 Å². The van der Waals surface area contributed by atoms with Gasteiger partial charge < -0.3 is 9.88 Å². The largest absolute Gasteiger partial charge is 0.354 e. The molecule has 6 heteroatoms. The number of aryl methyl sites for hydroxylation is 1. The van der Waals surface area contributed by atoms with Crippen molar-refractivity contribution in [2.24, 2.45) is 7.05 Å². The van der Waals surface area contributed by atoms with E-state index in [1.54, 1.807) is 0 Å². The molecule has 2 heterocycles. The van der Waals surface area contributed by atoms with Crippen molar-refractivity contribution in [3.63, 3.8) is 0 Å². The van der Waals surface area contributed by atoms with Gasteiger partial charge >= 0.3 is 0 Å². The van der Waals surface area contributed by atoms with E-state index in [0.717, 1.165) is 16.5 Å². The number of amides is 3. The second kappa shape index (κ2) is 6.24. The maximum absolute atomic E-state index is 12.1. The van der Waals surface area contributed by atoms with Crippen LogP contribution in [-0.2, 0) is 27.9 Å². The highest BCUT2D eigenvalue weighted by Crippen LogP contribution is 2.20. The summed E-state index contributed by atoms with van der Waals surface area (Å²) in [6.07, 6.45) is 2.80. The van der Waals surface area contributed by atoms with Crippen LogP contribution < -0.4 is 5.32 Å². The second-order valence-electron chi connectivity index (χ2n) is 5.75. The van der Waals surface area contributed by atoms with Gasteiger partial charge in [0.2, 0.25) is 17.7 Å². The SMILES string of the molecule is Cn1cc(CC(=O)NCCN2C(=O)CCC2=O)c2ccccc21. The summed E-state index contributed by atoms with van der Waals surface area (Å²) in [6, 6.07) is 7.94.